The molecular formula is C24H28N2O3. The van der Waals surface area contributed by atoms with Crippen LogP contribution in [-0.2, 0) is 16.0 Å². The zero-order chi connectivity index (χ0) is 20.6. The number of rotatable bonds is 3. The van der Waals surface area contributed by atoms with Gasteiger partial charge in [0, 0.05) is 17.5 Å². The second-order valence-electron chi connectivity index (χ2n) is 8.92. The van der Waals surface area contributed by atoms with E-state index in [4.69, 9.17) is 4.74 Å². The smallest absolute Gasteiger partial charge is 0.232 e. The predicted octanol–water partition coefficient (Wildman–Crippen LogP) is 4.52. The van der Waals surface area contributed by atoms with E-state index in [2.05, 4.69) is 23.5 Å². The first-order chi connectivity index (χ1) is 13.8. The van der Waals surface area contributed by atoms with Crippen molar-refractivity contribution in [1.29, 1.82) is 0 Å². The number of anilines is 2. The van der Waals surface area contributed by atoms with E-state index in [9.17, 15) is 9.59 Å². The Morgan fingerprint density at radius 1 is 1.17 bits per heavy atom. The Balaban J connectivity index is 1.49. The highest BCUT2D eigenvalue weighted by molar-refractivity contribution is 6.00. The van der Waals surface area contributed by atoms with Gasteiger partial charge in [0.1, 0.15) is 12.4 Å². The molecule has 0 saturated carbocycles. The summed E-state index contributed by atoms with van der Waals surface area (Å²) >= 11 is 0. The summed E-state index contributed by atoms with van der Waals surface area (Å²) in [6.45, 7) is 6.72. The first kappa shape index (κ1) is 19.5. The Bertz CT molecular complexity index is 945. The van der Waals surface area contributed by atoms with E-state index < -0.39 is 5.41 Å². The molecule has 0 saturated heterocycles. The minimum absolute atomic E-state index is 0.00270. The average molecular weight is 392 g/mol. The van der Waals surface area contributed by atoms with Gasteiger partial charge >= 0.3 is 0 Å². The van der Waals surface area contributed by atoms with E-state index in [1.165, 1.54) is 11.1 Å². The van der Waals surface area contributed by atoms with Crippen LogP contribution in [0.15, 0.2) is 42.5 Å². The number of benzene rings is 2. The van der Waals surface area contributed by atoms with E-state index in [0.717, 1.165) is 18.5 Å². The fourth-order valence-electron chi connectivity index (χ4n) is 4.20. The zero-order valence-corrected chi connectivity index (χ0v) is 17.3. The van der Waals surface area contributed by atoms with E-state index in [1.54, 1.807) is 4.90 Å². The number of hydrogen-bond acceptors (Lipinski definition) is 3. The molecule has 152 valence electrons. The van der Waals surface area contributed by atoms with Gasteiger partial charge in [-0.3, -0.25) is 9.59 Å². The molecule has 0 radical (unpaired) electrons. The molecule has 2 aromatic carbocycles. The van der Waals surface area contributed by atoms with Crippen molar-refractivity contribution in [3.63, 3.8) is 0 Å². The first-order valence-electron chi connectivity index (χ1n) is 10.3. The molecule has 1 unspecified atom stereocenters. The van der Waals surface area contributed by atoms with Gasteiger partial charge in [0.25, 0.3) is 0 Å². The van der Waals surface area contributed by atoms with Crippen molar-refractivity contribution in [2.45, 2.75) is 46.0 Å². The van der Waals surface area contributed by atoms with E-state index >= 15 is 0 Å². The Labute approximate surface area is 172 Å². The molecule has 2 aliphatic rings. The zero-order valence-electron chi connectivity index (χ0n) is 17.3. The lowest BCUT2D eigenvalue weighted by Gasteiger charge is -2.34. The highest BCUT2D eigenvalue weighted by atomic mass is 16.5. The van der Waals surface area contributed by atoms with Crippen LogP contribution in [0.4, 0.5) is 11.4 Å². The summed E-state index contributed by atoms with van der Waals surface area (Å²) in [7, 11) is 0. The second-order valence-corrected chi connectivity index (χ2v) is 8.92. The highest BCUT2D eigenvalue weighted by Gasteiger charge is 2.32. The summed E-state index contributed by atoms with van der Waals surface area (Å²) in [5.74, 6) is 0.993. The minimum Gasteiger partial charge on any atom is -0.490 e. The van der Waals surface area contributed by atoms with Gasteiger partial charge in [-0.15, -0.1) is 0 Å². The molecule has 5 heteroatoms. The van der Waals surface area contributed by atoms with Gasteiger partial charge in [-0.2, -0.15) is 0 Å². The number of carbonyl (C=O) groups excluding carboxylic acids is 2. The summed E-state index contributed by atoms with van der Waals surface area (Å²) in [6, 6.07) is 13.9. The lowest BCUT2D eigenvalue weighted by molar-refractivity contribution is -0.126. The van der Waals surface area contributed by atoms with E-state index in [-0.39, 0.29) is 17.7 Å². The lowest BCUT2D eigenvalue weighted by Crippen LogP contribution is -2.44. The number of hydrogen-bond donors (Lipinski definition) is 1. The van der Waals surface area contributed by atoms with Crippen molar-refractivity contribution in [3.05, 3.63) is 53.6 Å². The maximum Gasteiger partial charge on any atom is 0.232 e. The lowest BCUT2D eigenvalue weighted by atomic mass is 9.94. The van der Waals surface area contributed by atoms with Crippen molar-refractivity contribution in [3.8, 4) is 5.75 Å². The molecule has 1 aliphatic heterocycles. The van der Waals surface area contributed by atoms with Crippen LogP contribution >= 0.6 is 0 Å². The molecule has 0 spiro atoms. The molecular weight excluding hydrogens is 364 g/mol. The fraction of sp³-hybridized carbons (Fsp3) is 0.417. The van der Waals surface area contributed by atoms with Gasteiger partial charge in [0.15, 0.2) is 0 Å². The molecule has 4 rings (SSSR count). The molecule has 0 aromatic heterocycles. The third-order valence-electron chi connectivity index (χ3n) is 5.68. The molecule has 1 atom stereocenters. The second kappa shape index (κ2) is 7.54. The largest absolute Gasteiger partial charge is 0.490 e. The van der Waals surface area contributed by atoms with Crippen LogP contribution in [-0.4, -0.2) is 25.0 Å². The molecule has 1 N–H and O–H groups in total. The summed E-state index contributed by atoms with van der Waals surface area (Å²) < 4.78 is 5.72. The van der Waals surface area contributed by atoms with Gasteiger partial charge in [0.05, 0.1) is 12.2 Å². The maximum absolute atomic E-state index is 12.8. The quantitative estimate of drug-likeness (QED) is 0.836. The van der Waals surface area contributed by atoms with Gasteiger partial charge in [-0.1, -0.05) is 45.0 Å². The summed E-state index contributed by atoms with van der Waals surface area (Å²) in [6.07, 6.45) is 2.52. The van der Waals surface area contributed by atoms with Gasteiger partial charge < -0.3 is 15.0 Å². The predicted molar refractivity (Wildman–Crippen MR) is 114 cm³/mol. The SMILES string of the molecule is CC(C)(C)C(=O)N1CCOc2ccc(NC(=O)CC3CCc4ccccc43)cc21. The van der Waals surface area contributed by atoms with Crippen LogP contribution in [0, 0.1) is 5.41 Å². The number of ether oxygens (including phenoxy) is 1. The van der Waals surface area contributed by atoms with Gasteiger partial charge in [0.2, 0.25) is 11.8 Å². The van der Waals surface area contributed by atoms with Gasteiger partial charge in [-0.05, 0) is 48.1 Å². The molecule has 2 amide bonds. The Morgan fingerprint density at radius 2 is 1.97 bits per heavy atom. The maximum atomic E-state index is 12.8. The van der Waals surface area contributed by atoms with Gasteiger partial charge in [-0.25, -0.2) is 0 Å². The molecule has 5 nitrogen and oxygen atoms in total. The van der Waals surface area contributed by atoms with E-state index in [1.807, 2.05) is 45.0 Å². The standard InChI is InChI=1S/C24H28N2O3/c1-24(2,3)23(28)26-12-13-29-21-11-10-18(15-20(21)26)25-22(27)14-17-9-8-16-6-4-5-7-19(16)17/h4-7,10-11,15,17H,8-9,12-14H2,1-3H3,(H,25,27). The number of carbonyl (C=O) groups is 2. The summed E-state index contributed by atoms with van der Waals surface area (Å²) in [5, 5.41) is 3.02. The van der Waals surface area contributed by atoms with Crippen molar-refractivity contribution in [2.75, 3.05) is 23.4 Å². The van der Waals surface area contributed by atoms with E-state index in [0.29, 0.717) is 31.0 Å². The van der Waals surface area contributed by atoms with Crippen molar-refractivity contribution < 1.29 is 14.3 Å². The van der Waals surface area contributed by atoms with Crippen LogP contribution < -0.4 is 15.0 Å². The van der Waals surface area contributed by atoms with Crippen LogP contribution in [0.3, 0.4) is 0 Å². The van der Waals surface area contributed by atoms with Crippen molar-refractivity contribution >= 4 is 23.2 Å². The molecule has 1 heterocycles. The Hall–Kier alpha value is -2.82. The summed E-state index contributed by atoms with van der Waals surface area (Å²) in [5.41, 5.74) is 3.58. The minimum atomic E-state index is -0.482. The average Bonchev–Trinajstić information content (AvgIpc) is 3.09. The van der Waals surface area contributed by atoms with Crippen molar-refractivity contribution in [1.82, 2.24) is 0 Å². The monoisotopic (exact) mass is 392 g/mol. The van der Waals surface area contributed by atoms with Crippen LogP contribution in [0.2, 0.25) is 0 Å². The topological polar surface area (TPSA) is 58.6 Å². The van der Waals surface area contributed by atoms with Crippen LogP contribution in [0.1, 0.15) is 50.7 Å². The highest BCUT2D eigenvalue weighted by Crippen LogP contribution is 2.38. The third kappa shape index (κ3) is 4.00. The Morgan fingerprint density at radius 3 is 2.76 bits per heavy atom. The number of nitrogens with zero attached hydrogens (tertiary/aromatic N) is 1. The number of fused-ring (bicyclic) bond motifs is 2. The molecule has 2 aromatic rings. The third-order valence-corrected chi connectivity index (χ3v) is 5.68. The molecule has 1 aliphatic carbocycles. The summed E-state index contributed by atoms with van der Waals surface area (Å²) in [4.78, 5) is 27.3. The molecule has 0 fully saturated rings. The number of amides is 2. The fourth-order valence-corrected chi connectivity index (χ4v) is 4.20. The first-order valence-corrected chi connectivity index (χ1v) is 10.3. The van der Waals surface area contributed by atoms with Crippen molar-refractivity contribution in [2.24, 2.45) is 5.41 Å². The van der Waals surface area contributed by atoms with Crippen LogP contribution in [0.5, 0.6) is 5.75 Å². The molecule has 0 bridgehead atoms. The van der Waals surface area contributed by atoms with Crippen LogP contribution in [0.25, 0.3) is 0 Å². The number of aryl methyl sites for hydroxylation is 1. The normalized spacial score (nSPS) is 17.9. The Kier molecular flexibility index (Phi) is 5.07. The number of nitrogens with one attached hydrogen (secondary N) is 1. The molecule has 29 heavy (non-hydrogen) atoms.